The largest absolute Gasteiger partial charge is 0.507 e. The Morgan fingerprint density at radius 2 is 1.04 bits per heavy atom. The average molecular weight is 605 g/mol. The smallest absolute Gasteiger partial charge is 0.131 e. The molecule has 7 rings (SSSR count). The minimum atomic E-state index is 0.237. The summed E-state index contributed by atoms with van der Waals surface area (Å²) < 4.78 is 12.1. The van der Waals surface area contributed by atoms with Crippen molar-refractivity contribution in [1.82, 2.24) is 0 Å². The Hall–Kier alpha value is -5.32. The van der Waals surface area contributed by atoms with Crippen molar-refractivity contribution in [3.05, 3.63) is 150 Å². The zero-order valence-electron chi connectivity index (χ0n) is 25.2. The van der Waals surface area contributed by atoms with E-state index in [1.54, 1.807) is 14.2 Å². The van der Waals surface area contributed by atoms with Crippen LogP contribution in [-0.4, -0.2) is 19.3 Å². The topological polar surface area (TPSA) is 38.7 Å². The molecule has 0 unspecified atom stereocenters. The zero-order chi connectivity index (χ0) is 30.8. The fourth-order valence-electron chi connectivity index (χ4n) is 5.93. The number of benzene rings is 6. The van der Waals surface area contributed by atoms with Crippen LogP contribution in [0.5, 0.6) is 17.2 Å². The van der Waals surface area contributed by atoms with Gasteiger partial charge < -0.3 is 14.6 Å². The summed E-state index contributed by atoms with van der Waals surface area (Å²) in [6, 6.07) is 47.9. The van der Waals surface area contributed by atoms with Crippen molar-refractivity contribution in [2.45, 2.75) is 6.42 Å². The van der Waals surface area contributed by atoms with Gasteiger partial charge in [-0.25, -0.2) is 0 Å². The highest BCUT2D eigenvalue weighted by atomic mass is 32.1. The highest BCUT2D eigenvalue weighted by molar-refractivity contribution is 7.19. The van der Waals surface area contributed by atoms with Gasteiger partial charge in [-0.1, -0.05) is 97.1 Å². The number of phenols is 1. The molecular formula is C41H32O3S. The lowest BCUT2D eigenvalue weighted by atomic mass is 9.91. The molecule has 0 aliphatic carbocycles. The molecule has 0 saturated carbocycles. The molecule has 0 aliphatic heterocycles. The van der Waals surface area contributed by atoms with Crippen molar-refractivity contribution in [1.29, 1.82) is 0 Å². The van der Waals surface area contributed by atoms with Gasteiger partial charge in [0.25, 0.3) is 0 Å². The maximum Gasteiger partial charge on any atom is 0.131 e. The van der Waals surface area contributed by atoms with E-state index in [9.17, 15) is 5.11 Å². The lowest BCUT2D eigenvalue weighted by Crippen LogP contribution is -1.90. The number of aromatic hydroxyl groups is 1. The second-order valence-electron chi connectivity index (χ2n) is 11.0. The third-order valence-corrected chi connectivity index (χ3v) is 9.47. The van der Waals surface area contributed by atoms with Gasteiger partial charge in [-0.15, -0.1) is 11.3 Å². The van der Waals surface area contributed by atoms with Crippen LogP contribution in [0.1, 0.15) is 10.4 Å². The number of thiophene rings is 1. The van der Waals surface area contributed by atoms with E-state index in [1.807, 2.05) is 59.9 Å². The number of hydrogen-bond donors (Lipinski definition) is 1. The number of phenolic OH excluding ortho intramolecular Hbond substituents is 1. The first kappa shape index (κ1) is 28.5. The van der Waals surface area contributed by atoms with E-state index in [0.29, 0.717) is 0 Å². The molecule has 1 aromatic heterocycles. The molecule has 0 amide bonds. The highest BCUT2D eigenvalue weighted by Crippen LogP contribution is 2.44. The summed E-state index contributed by atoms with van der Waals surface area (Å²) in [7, 11) is 3.31. The van der Waals surface area contributed by atoms with Crippen LogP contribution >= 0.6 is 11.3 Å². The fourth-order valence-corrected chi connectivity index (χ4v) is 7.19. The summed E-state index contributed by atoms with van der Waals surface area (Å²) in [6.07, 6.45) is 0.895. The first-order chi connectivity index (χ1) is 22.1. The number of fused-ring (bicyclic) bond motifs is 1. The predicted molar refractivity (Wildman–Crippen MR) is 188 cm³/mol. The second kappa shape index (κ2) is 12.4. The maximum absolute atomic E-state index is 11.6. The first-order valence-corrected chi connectivity index (χ1v) is 15.7. The normalized spacial score (nSPS) is 11.1. The molecule has 0 saturated heterocycles. The van der Waals surface area contributed by atoms with Crippen LogP contribution in [0.2, 0.25) is 0 Å². The van der Waals surface area contributed by atoms with Crippen molar-refractivity contribution >= 4 is 21.4 Å². The number of methoxy groups -OCH3 is 2. The average Bonchev–Trinajstić information content (AvgIpc) is 3.46. The number of rotatable bonds is 8. The second-order valence-corrected chi connectivity index (χ2v) is 12.1. The third kappa shape index (κ3) is 5.68. The van der Waals surface area contributed by atoms with Crippen LogP contribution in [0.25, 0.3) is 54.6 Å². The lowest BCUT2D eigenvalue weighted by Gasteiger charge is -2.15. The van der Waals surface area contributed by atoms with Crippen molar-refractivity contribution in [3.8, 4) is 61.8 Å². The Morgan fingerprint density at radius 3 is 1.62 bits per heavy atom. The van der Waals surface area contributed by atoms with Crippen molar-refractivity contribution in [3.63, 3.8) is 0 Å². The molecule has 0 bridgehead atoms. The predicted octanol–water partition coefficient (Wildman–Crippen LogP) is 10.9. The molecule has 6 aromatic carbocycles. The van der Waals surface area contributed by atoms with E-state index < -0.39 is 0 Å². The minimum Gasteiger partial charge on any atom is -0.507 e. The van der Waals surface area contributed by atoms with Crippen molar-refractivity contribution in [2.24, 2.45) is 0 Å². The summed E-state index contributed by atoms with van der Waals surface area (Å²) in [5.41, 5.74) is 9.26. The van der Waals surface area contributed by atoms with Gasteiger partial charge in [-0.3, -0.25) is 0 Å². The summed E-state index contributed by atoms with van der Waals surface area (Å²) in [5.74, 6) is 1.78. The summed E-state index contributed by atoms with van der Waals surface area (Å²) in [5, 5.41) is 12.9. The Kier molecular flexibility index (Phi) is 7.81. The van der Waals surface area contributed by atoms with Gasteiger partial charge in [0.15, 0.2) is 0 Å². The van der Waals surface area contributed by atoms with Crippen LogP contribution in [0.4, 0.5) is 0 Å². The quantitative estimate of drug-likeness (QED) is 0.188. The molecular weight excluding hydrogens is 573 g/mol. The molecule has 3 nitrogen and oxygen atoms in total. The van der Waals surface area contributed by atoms with Gasteiger partial charge in [-0.2, -0.15) is 0 Å². The van der Waals surface area contributed by atoms with Gasteiger partial charge in [-0.05, 0) is 75.8 Å². The monoisotopic (exact) mass is 604 g/mol. The van der Waals surface area contributed by atoms with Crippen LogP contribution in [0, 0.1) is 0 Å². The summed E-state index contributed by atoms with van der Waals surface area (Å²) in [4.78, 5) is 1.36. The standard InChI is InChI=1S/C41H32O3S/c1-43-33-20-16-29(17-21-33)36-25-32(26-37(41(36)42)30-18-22-34(44-2)23-19-30)28-12-14-31(15-13-28)40-35-10-6-7-11-38(35)45-39(40)24-27-8-4-3-5-9-27/h3-23,25-26,42H,24H2,1-2H3. The highest BCUT2D eigenvalue weighted by Gasteiger charge is 2.17. The summed E-state index contributed by atoms with van der Waals surface area (Å²) >= 11 is 1.87. The molecule has 7 aromatic rings. The Bertz CT molecular complexity index is 2010. The Labute approximate surface area is 267 Å². The molecule has 0 spiro atoms. The molecule has 0 radical (unpaired) electrons. The van der Waals surface area contributed by atoms with Gasteiger partial charge in [0, 0.05) is 38.1 Å². The molecule has 4 heteroatoms. The molecule has 45 heavy (non-hydrogen) atoms. The van der Waals surface area contributed by atoms with E-state index in [4.69, 9.17) is 9.47 Å². The van der Waals surface area contributed by atoms with Gasteiger partial charge in [0.05, 0.1) is 14.2 Å². The fraction of sp³-hybridized carbons (Fsp3) is 0.0732. The lowest BCUT2D eigenvalue weighted by molar-refractivity contribution is 0.415. The number of hydrogen-bond acceptors (Lipinski definition) is 4. The van der Waals surface area contributed by atoms with E-state index in [-0.39, 0.29) is 5.75 Å². The molecule has 1 N–H and O–H groups in total. The molecule has 220 valence electrons. The van der Waals surface area contributed by atoms with Gasteiger partial charge in [0.2, 0.25) is 0 Å². The SMILES string of the molecule is COc1ccc(-c2cc(-c3ccc(-c4c(Cc5ccccc5)sc5ccccc45)cc3)cc(-c3ccc(OC)cc3)c2O)cc1. The van der Waals surface area contributed by atoms with E-state index >= 15 is 0 Å². The van der Waals surface area contributed by atoms with Crippen LogP contribution < -0.4 is 9.47 Å². The van der Waals surface area contributed by atoms with Crippen LogP contribution in [-0.2, 0) is 6.42 Å². The van der Waals surface area contributed by atoms with Crippen LogP contribution in [0.3, 0.4) is 0 Å². The Morgan fingerprint density at radius 1 is 0.533 bits per heavy atom. The first-order valence-electron chi connectivity index (χ1n) is 14.9. The Balaban J connectivity index is 1.33. The third-order valence-electron chi connectivity index (χ3n) is 8.29. The maximum atomic E-state index is 11.6. The number of ether oxygens (including phenoxy) is 2. The van der Waals surface area contributed by atoms with Gasteiger partial charge in [0.1, 0.15) is 17.2 Å². The molecule has 0 aliphatic rings. The van der Waals surface area contributed by atoms with Gasteiger partial charge >= 0.3 is 0 Å². The molecule has 0 atom stereocenters. The van der Waals surface area contributed by atoms with Crippen LogP contribution in [0.15, 0.2) is 140 Å². The minimum absolute atomic E-state index is 0.237. The molecule has 0 fully saturated rings. The van der Waals surface area contributed by atoms with Crippen molar-refractivity contribution < 1.29 is 14.6 Å². The zero-order valence-corrected chi connectivity index (χ0v) is 26.0. The van der Waals surface area contributed by atoms with E-state index in [0.717, 1.165) is 51.3 Å². The van der Waals surface area contributed by atoms with Crippen molar-refractivity contribution in [2.75, 3.05) is 14.2 Å². The van der Waals surface area contributed by atoms with E-state index in [2.05, 4.69) is 91.0 Å². The molecule has 1 heterocycles. The van der Waals surface area contributed by atoms with E-state index in [1.165, 1.54) is 31.7 Å². The summed E-state index contributed by atoms with van der Waals surface area (Å²) in [6.45, 7) is 0.